The molecule has 2 N–H and O–H groups in total. The summed E-state index contributed by atoms with van der Waals surface area (Å²) in [6.07, 6.45) is 1.22. The number of carbonyl (C=O) groups excluding carboxylic acids is 1. The van der Waals surface area contributed by atoms with Crippen LogP contribution in [-0.4, -0.2) is 49.4 Å². The summed E-state index contributed by atoms with van der Waals surface area (Å²) in [4.78, 5) is 14.9. The molecule has 4 atom stereocenters. The summed E-state index contributed by atoms with van der Waals surface area (Å²) < 4.78 is 32.6. The van der Waals surface area contributed by atoms with E-state index in [1.165, 1.54) is 26.4 Å². The minimum atomic E-state index is -1.79. The van der Waals surface area contributed by atoms with Gasteiger partial charge >= 0.3 is 6.03 Å². The Kier molecular flexibility index (Phi) is 5.92. The standard InChI is InChI=1S/C29H28ClFN2O5/c1-36-21-14-23(37-2)26-24(15-21)38-29(18-7-9-19(30)10-8-18)22(17-5-3-6-20(31)13-17)16-25(28(26,29)35)32-27(34)33-11-4-12-33/h3,5-10,13-15,22,25,35H,4,11-12,16H2,1-2H3,(H,32,34)/t22-,25?,28+,29-/m0/s1. The third kappa shape index (κ3) is 3.47. The predicted octanol–water partition coefficient (Wildman–Crippen LogP) is 4.94. The first-order chi connectivity index (χ1) is 18.3. The zero-order valence-corrected chi connectivity index (χ0v) is 21.8. The third-order valence-corrected chi connectivity index (χ3v) is 8.40. The molecule has 1 saturated carbocycles. The van der Waals surface area contributed by atoms with Crippen LogP contribution in [0.25, 0.3) is 0 Å². The number of ether oxygens (including phenoxy) is 3. The molecule has 3 aliphatic rings. The molecule has 2 fully saturated rings. The number of amides is 2. The number of hydrogen-bond donors (Lipinski definition) is 2. The van der Waals surface area contributed by atoms with Gasteiger partial charge in [0.15, 0.2) is 11.2 Å². The first-order valence-electron chi connectivity index (χ1n) is 12.6. The fraction of sp³-hybridized carbons (Fsp3) is 0.345. The van der Waals surface area contributed by atoms with Crippen LogP contribution in [0.15, 0.2) is 60.7 Å². The molecule has 1 saturated heterocycles. The molecule has 9 heteroatoms. The van der Waals surface area contributed by atoms with E-state index in [0.29, 0.717) is 52.1 Å². The largest absolute Gasteiger partial charge is 0.496 e. The topological polar surface area (TPSA) is 80.3 Å². The Bertz CT molecular complexity index is 1400. The van der Waals surface area contributed by atoms with E-state index >= 15 is 0 Å². The normalized spacial score (nSPS) is 27.1. The monoisotopic (exact) mass is 538 g/mol. The molecular weight excluding hydrogens is 511 g/mol. The molecule has 1 aliphatic carbocycles. The molecule has 0 aromatic heterocycles. The molecule has 0 spiro atoms. The number of nitrogens with zero attached hydrogens (tertiary/aromatic N) is 1. The molecule has 3 aromatic carbocycles. The number of methoxy groups -OCH3 is 2. The minimum Gasteiger partial charge on any atom is -0.496 e. The van der Waals surface area contributed by atoms with Gasteiger partial charge in [0.25, 0.3) is 0 Å². The number of urea groups is 1. The van der Waals surface area contributed by atoms with Gasteiger partial charge in [-0.3, -0.25) is 0 Å². The van der Waals surface area contributed by atoms with Crippen LogP contribution < -0.4 is 19.5 Å². The quantitative estimate of drug-likeness (QED) is 0.481. The summed E-state index contributed by atoms with van der Waals surface area (Å²) in [6.45, 7) is 1.31. The van der Waals surface area contributed by atoms with Crippen LogP contribution >= 0.6 is 11.6 Å². The Morgan fingerprint density at radius 1 is 1.13 bits per heavy atom. The number of likely N-dealkylation sites (tertiary alicyclic amines) is 1. The van der Waals surface area contributed by atoms with Crippen molar-refractivity contribution in [2.75, 3.05) is 27.3 Å². The van der Waals surface area contributed by atoms with E-state index in [9.17, 15) is 14.3 Å². The molecule has 6 rings (SSSR count). The number of fused-ring (bicyclic) bond motifs is 3. The third-order valence-electron chi connectivity index (χ3n) is 8.14. The molecule has 38 heavy (non-hydrogen) atoms. The van der Waals surface area contributed by atoms with Crippen molar-refractivity contribution in [3.05, 3.63) is 88.2 Å². The zero-order chi connectivity index (χ0) is 26.7. The van der Waals surface area contributed by atoms with E-state index < -0.39 is 29.0 Å². The van der Waals surface area contributed by atoms with Gasteiger partial charge in [-0.15, -0.1) is 0 Å². The van der Waals surface area contributed by atoms with Crippen LogP contribution in [-0.2, 0) is 11.2 Å². The summed E-state index contributed by atoms with van der Waals surface area (Å²) >= 11 is 6.25. The highest BCUT2D eigenvalue weighted by Gasteiger charge is 2.74. The molecule has 2 amide bonds. The van der Waals surface area contributed by atoms with E-state index in [4.69, 9.17) is 25.8 Å². The molecular formula is C29H28ClFN2O5. The molecule has 198 valence electrons. The Morgan fingerprint density at radius 3 is 2.53 bits per heavy atom. The SMILES string of the molecule is COc1cc(OC)c2c(c1)O[C@@]1(c3ccc(Cl)cc3)[C@H](c3cccc(F)c3)CC(NC(=O)N3CCC3)[C@@]21O. The highest BCUT2D eigenvalue weighted by Crippen LogP contribution is 2.68. The predicted molar refractivity (Wildman–Crippen MR) is 139 cm³/mol. The average Bonchev–Trinajstić information content (AvgIpc) is 3.28. The Balaban J connectivity index is 1.62. The molecule has 2 heterocycles. The first-order valence-corrected chi connectivity index (χ1v) is 12.9. The van der Waals surface area contributed by atoms with Crippen LogP contribution in [0.3, 0.4) is 0 Å². The fourth-order valence-corrected chi connectivity index (χ4v) is 6.40. The van der Waals surface area contributed by atoms with E-state index in [1.54, 1.807) is 47.4 Å². The lowest BCUT2D eigenvalue weighted by Crippen LogP contribution is -2.59. The van der Waals surface area contributed by atoms with Gasteiger partial charge in [0.1, 0.15) is 23.1 Å². The van der Waals surface area contributed by atoms with Crippen molar-refractivity contribution in [1.82, 2.24) is 10.2 Å². The average molecular weight is 539 g/mol. The number of halogens is 2. The van der Waals surface area contributed by atoms with E-state index in [2.05, 4.69) is 5.32 Å². The van der Waals surface area contributed by atoms with Gasteiger partial charge in [-0.1, -0.05) is 35.9 Å². The number of aliphatic hydroxyl groups is 1. The summed E-state index contributed by atoms with van der Waals surface area (Å²) in [6, 6.07) is 15.7. The van der Waals surface area contributed by atoms with Crippen LogP contribution in [0.5, 0.6) is 17.2 Å². The lowest BCUT2D eigenvalue weighted by molar-refractivity contribution is -0.116. The number of rotatable bonds is 5. The van der Waals surface area contributed by atoms with Gasteiger partial charge in [0.05, 0.1) is 25.8 Å². The number of nitrogens with one attached hydrogen (secondary N) is 1. The molecule has 2 aliphatic heterocycles. The zero-order valence-electron chi connectivity index (χ0n) is 21.0. The summed E-state index contributed by atoms with van der Waals surface area (Å²) in [5, 5.41) is 16.6. The van der Waals surface area contributed by atoms with Crippen molar-refractivity contribution in [3.8, 4) is 17.2 Å². The molecule has 3 aromatic rings. The maximum atomic E-state index is 14.6. The summed E-state index contributed by atoms with van der Waals surface area (Å²) in [7, 11) is 3.04. The fourth-order valence-electron chi connectivity index (χ4n) is 6.27. The molecule has 0 bridgehead atoms. The second kappa shape index (κ2) is 9.06. The molecule has 0 radical (unpaired) electrons. The van der Waals surface area contributed by atoms with Crippen molar-refractivity contribution in [2.24, 2.45) is 0 Å². The van der Waals surface area contributed by atoms with Gasteiger partial charge in [-0.05, 0) is 48.2 Å². The minimum absolute atomic E-state index is 0.263. The number of hydrogen-bond acceptors (Lipinski definition) is 5. The van der Waals surface area contributed by atoms with E-state index in [-0.39, 0.29) is 12.5 Å². The second-order valence-electron chi connectivity index (χ2n) is 10.00. The van der Waals surface area contributed by atoms with Crippen LogP contribution in [0.1, 0.15) is 35.4 Å². The van der Waals surface area contributed by atoms with Crippen molar-refractivity contribution in [3.63, 3.8) is 0 Å². The van der Waals surface area contributed by atoms with E-state index in [0.717, 1.165) is 6.42 Å². The Labute approximate surface area is 225 Å². The second-order valence-corrected chi connectivity index (χ2v) is 10.4. The molecule has 7 nitrogen and oxygen atoms in total. The highest BCUT2D eigenvalue weighted by atomic mass is 35.5. The molecule has 1 unspecified atom stereocenters. The number of benzene rings is 3. The van der Waals surface area contributed by atoms with Gasteiger partial charge in [0.2, 0.25) is 0 Å². The van der Waals surface area contributed by atoms with Crippen LogP contribution in [0, 0.1) is 5.82 Å². The van der Waals surface area contributed by atoms with E-state index in [1.807, 2.05) is 6.07 Å². The summed E-state index contributed by atoms with van der Waals surface area (Å²) in [5.74, 6) is 0.261. The van der Waals surface area contributed by atoms with Gasteiger partial charge in [-0.25, -0.2) is 9.18 Å². The maximum absolute atomic E-state index is 14.6. The maximum Gasteiger partial charge on any atom is 0.317 e. The van der Waals surface area contributed by atoms with Crippen LogP contribution in [0.2, 0.25) is 5.02 Å². The highest BCUT2D eigenvalue weighted by molar-refractivity contribution is 6.30. The van der Waals surface area contributed by atoms with Gasteiger partial charge < -0.3 is 29.5 Å². The first kappa shape index (κ1) is 24.8. The van der Waals surface area contributed by atoms with Crippen molar-refractivity contribution < 1.29 is 28.5 Å². The van der Waals surface area contributed by atoms with Crippen molar-refractivity contribution in [2.45, 2.75) is 36.0 Å². The van der Waals surface area contributed by atoms with Gasteiger partial charge in [0, 0.05) is 36.2 Å². The van der Waals surface area contributed by atoms with Crippen LogP contribution in [0.4, 0.5) is 9.18 Å². The smallest absolute Gasteiger partial charge is 0.317 e. The van der Waals surface area contributed by atoms with Crippen molar-refractivity contribution in [1.29, 1.82) is 0 Å². The van der Waals surface area contributed by atoms with Gasteiger partial charge in [-0.2, -0.15) is 0 Å². The Hall–Kier alpha value is -3.49. The van der Waals surface area contributed by atoms with Crippen molar-refractivity contribution >= 4 is 17.6 Å². The Morgan fingerprint density at radius 2 is 1.89 bits per heavy atom. The number of carbonyl (C=O) groups is 1. The lowest BCUT2D eigenvalue weighted by atomic mass is 9.71. The summed E-state index contributed by atoms with van der Waals surface area (Å²) in [5.41, 5.74) is -1.55. The lowest BCUT2D eigenvalue weighted by Gasteiger charge is -2.42.